The molecule has 1 fully saturated rings. The number of amides is 1. The number of halogens is 1. The van der Waals surface area contributed by atoms with E-state index in [0.29, 0.717) is 51.0 Å². The Morgan fingerprint density at radius 1 is 0.833 bits per heavy atom. The molecule has 270 valence electrons. The van der Waals surface area contributed by atoms with E-state index in [1.54, 1.807) is 77.1 Å². The highest BCUT2D eigenvalue weighted by atomic mass is 79.9. The normalized spacial score (nSPS) is 14.5. The molecular formula is C40H32BrN7O6. The molecule has 0 saturated carbocycles. The van der Waals surface area contributed by atoms with Crippen LogP contribution in [0, 0.1) is 25.0 Å². The van der Waals surface area contributed by atoms with Crippen LogP contribution in [0.5, 0.6) is 0 Å². The summed E-state index contributed by atoms with van der Waals surface area (Å²) in [7, 11) is 4.23. The number of benzene rings is 4. The first kappa shape index (κ1) is 38.4. The number of hydrogen-bond acceptors (Lipinski definition) is 8. The van der Waals surface area contributed by atoms with Crippen LogP contribution in [0.4, 0.5) is 11.4 Å². The van der Waals surface area contributed by atoms with Crippen LogP contribution in [0.2, 0.25) is 0 Å². The number of ether oxygens (including phenoxy) is 2. The van der Waals surface area contributed by atoms with Gasteiger partial charge in [0, 0.05) is 40.8 Å². The standard InChI is InChI=1S/C23H18N4O4.C16H10BrN3O2.CH4/c1-24-16-7-8-18-19(14-16)27(25-20(18)21(28)31-3)17-6-4-5-15(13-17)9-10-23(30)11-12-26(2)22(23)29;1-18-11-6-7-13-14(9-11)20(19-15(13)16(21)22-2)12-5-3-4-10(17)8-12;/h4-8,13-14,30H,11-12H2,2-3H3;3-9H,2H3;1H4/t23-;;/m0../s1. The van der Waals surface area contributed by atoms with E-state index in [9.17, 15) is 19.5 Å². The molecule has 0 bridgehead atoms. The van der Waals surface area contributed by atoms with Crippen molar-refractivity contribution in [3.63, 3.8) is 0 Å². The van der Waals surface area contributed by atoms with Crippen molar-refractivity contribution in [3.8, 4) is 23.2 Å². The van der Waals surface area contributed by atoms with E-state index in [2.05, 4.69) is 47.7 Å². The minimum atomic E-state index is -1.69. The van der Waals surface area contributed by atoms with Crippen molar-refractivity contribution in [2.75, 3.05) is 27.8 Å². The van der Waals surface area contributed by atoms with Gasteiger partial charge in [-0.05, 0) is 48.5 Å². The first-order valence-electron chi connectivity index (χ1n) is 15.8. The molecule has 1 aliphatic heterocycles. The quantitative estimate of drug-likeness (QED) is 0.114. The van der Waals surface area contributed by atoms with Gasteiger partial charge < -0.3 is 19.5 Å². The number of fused-ring (bicyclic) bond motifs is 2. The van der Waals surface area contributed by atoms with E-state index in [0.717, 1.165) is 10.2 Å². The maximum Gasteiger partial charge on any atom is 0.359 e. The smallest absolute Gasteiger partial charge is 0.359 e. The molecule has 2 aromatic heterocycles. The van der Waals surface area contributed by atoms with Crippen molar-refractivity contribution < 1.29 is 29.0 Å². The predicted octanol–water partition coefficient (Wildman–Crippen LogP) is 7.07. The van der Waals surface area contributed by atoms with Gasteiger partial charge in [0.2, 0.25) is 5.60 Å². The number of carbonyl (C=O) groups is 3. The zero-order valence-electron chi connectivity index (χ0n) is 28.5. The van der Waals surface area contributed by atoms with Gasteiger partial charge in [-0.15, -0.1) is 0 Å². The molecule has 14 heteroatoms. The third kappa shape index (κ3) is 7.41. The van der Waals surface area contributed by atoms with E-state index in [4.69, 9.17) is 22.6 Å². The molecule has 1 atom stereocenters. The molecule has 1 aliphatic rings. The summed E-state index contributed by atoms with van der Waals surface area (Å²) in [6.07, 6.45) is 0.251. The molecule has 13 nitrogen and oxygen atoms in total. The minimum Gasteiger partial charge on any atom is -0.464 e. The Morgan fingerprint density at radius 3 is 1.81 bits per heavy atom. The lowest BCUT2D eigenvalue weighted by Crippen LogP contribution is -2.37. The molecule has 4 aromatic carbocycles. The SMILES string of the molecule is C.[C-]#[N+]c1ccc2c(C(=O)OC)nn(-c3cccc(Br)c3)c2c1.[C-]#[N+]c1ccc2c(C(=O)OC)nn(-c3cccc(C#C[C@]4(O)CCN(C)C4=O)c3)c2c1. The Hall–Kier alpha value is -6.79. The number of rotatable bonds is 4. The van der Waals surface area contributed by atoms with Crippen molar-refractivity contribution in [1.82, 2.24) is 24.5 Å². The van der Waals surface area contributed by atoms with Crippen molar-refractivity contribution in [2.45, 2.75) is 19.4 Å². The summed E-state index contributed by atoms with van der Waals surface area (Å²) < 4.78 is 13.7. The van der Waals surface area contributed by atoms with Crippen LogP contribution in [0.25, 0.3) is 42.9 Å². The second-order valence-corrected chi connectivity index (χ2v) is 12.7. The summed E-state index contributed by atoms with van der Waals surface area (Å²) in [5.41, 5.74) is 2.80. The van der Waals surface area contributed by atoms with E-state index in [1.807, 2.05) is 24.3 Å². The minimum absolute atomic E-state index is 0. The average Bonchev–Trinajstić information content (AvgIpc) is 3.84. The van der Waals surface area contributed by atoms with Gasteiger partial charge in [0.05, 0.1) is 49.8 Å². The zero-order valence-corrected chi connectivity index (χ0v) is 30.1. The molecule has 3 heterocycles. The Morgan fingerprint density at radius 2 is 1.35 bits per heavy atom. The van der Waals surface area contributed by atoms with E-state index in [1.165, 1.54) is 19.1 Å². The van der Waals surface area contributed by atoms with Crippen molar-refractivity contribution in [3.05, 3.63) is 129 Å². The molecule has 1 amide bonds. The number of aromatic nitrogens is 4. The van der Waals surface area contributed by atoms with Crippen molar-refractivity contribution in [2.24, 2.45) is 0 Å². The van der Waals surface area contributed by atoms with E-state index in [-0.39, 0.29) is 25.2 Å². The zero-order chi connectivity index (χ0) is 37.9. The molecule has 0 radical (unpaired) electrons. The molecule has 0 aliphatic carbocycles. The number of methoxy groups -OCH3 is 2. The van der Waals surface area contributed by atoms with Crippen LogP contribution in [0.1, 0.15) is 40.4 Å². The summed E-state index contributed by atoms with van der Waals surface area (Å²) >= 11 is 3.42. The van der Waals surface area contributed by atoms with Gasteiger partial charge in [-0.25, -0.2) is 28.6 Å². The molecule has 7 rings (SSSR count). The lowest BCUT2D eigenvalue weighted by Gasteiger charge is -2.13. The number of aliphatic hydroxyl groups is 1. The van der Waals surface area contributed by atoms with Gasteiger partial charge in [0.25, 0.3) is 5.91 Å². The molecule has 54 heavy (non-hydrogen) atoms. The largest absolute Gasteiger partial charge is 0.464 e. The fourth-order valence-corrected chi connectivity index (χ4v) is 6.09. The highest BCUT2D eigenvalue weighted by Crippen LogP contribution is 2.29. The monoisotopic (exact) mass is 785 g/mol. The number of esters is 2. The lowest BCUT2D eigenvalue weighted by molar-refractivity contribution is -0.137. The van der Waals surface area contributed by atoms with Crippen molar-refractivity contribution in [1.29, 1.82) is 0 Å². The Labute approximate surface area is 319 Å². The second kappa shape index (κ2) is 15.8. The molecule has 1 saturated heterocycles. The Kier molecular flexibility index (Phi) is 11.3. The number of carbonyl (C=O) groups excluding carboxylic acids is 3. The van der Waals surface area contributed by atoms with Crippen LogP contribution in [-0.4, -0.2) is 80.8 Å². The van der Waals surface area contributed by atoms with Gasteiger partial charge in [-0.3, -0.25) is 4.79 Å². The number of nitrogens with zero attached hydrogens (tertiary/aromatic N) is 7. The predicted molar refractivity (Wildman–Crippen MR) is 206 cm³/mol. The van der Waals surface area contributed by atoms with Crippen LogP contribution >= 0.6 is 15.9 Å². The maximum absolute atomic E-state index is 12.2. The summed E-state index contributed by atoms with van der Waals surface area (Å²) in [5, 5.41) is 20.5. The fourth-order valence-electron chi connectivity index (χ4n) is 5.70. The highest BCUT2D eigenvalue weighted by molar-refractivity contribution is 9.10. The van der Waals surface area contributed by atoms with Gasteiger partial charge in [-0.1, -0.05) is 71.6 Å². The summed E-state index contributed by atoms with van der Waals surface area (Å²) in [6.45, 7) is 14.9. The first-order chi connectivity index (χ1) is 25.5. The fraction of sp³-hybridized carbons (Fsp3) is 0.175. The molecule has 0 unspecified atom stereocenters. The summed E-state index contributed by atoms with van der Waals surface area (Å²) in [4.78, 5) is 44.6. The van der Waals surface area contributed by atoms with Crippen molar-refractivity contribution >= 4 is 67.0 Å². The van der Waals surface area contributed by atoms with Gasteiger partial charge in [0.1, 0.15) is 0 Å². The lowest BCUT2D eigenvalue weighted by atomic mass is 10.0. The molecule has 1 N–H and O–H groups in total. The average molecular weight is 787 g/mol. The highest BCUT2D eigenvalue weighted by Gasteiger charge is 2.42. The third-order valence-electron chi connectivity index (χ3n) is 8.41. The summed E-state index contributed by atoms with van der Waals surface area (Å²) in [6, 6.07) is 24.6. The van der Waals surface area contributed by atoms with Gasteiger partial charge in [0.15, 0.2) is 22.8 Å². The number of likely N-dealkylation sites (N-methyl/N-ethyl adjacent to an activating group) is 1. The topological polar surface area (TPSA) is 138 Å². The van der Waals surface area contributed by atoms with E-state index < -0.39 is 23.4 Å². The van der Waals surface area contributed by atoms with Crippen LogP contribution in [-0.2, 0) is 14.3 Å². The van der Waals surface area contributed by atoms with E-state index >= 15 is 0 Å². The molecule has 6 aromatic rings. The Balaban J connectivity index is 0.000000215. The first-order valence-corrected chi connectivity index (χ1v) is 16.6. The Bertz CT molecular complexity index is 2600. The van der Waals surface area contributed by atoms with Crippen LogP contribution in [0.3, 0.4) is 0 Å². The third-order valence-corrected chi connectivity index (χ3v) is 8.90. The maximum atomic E-state index is 12.2. The number of hydrogen-bond donors (Lipinski definition) is 1. The number of likely N-dealkylation sites (tertiary alicyclic amines) is 1. The van der Waals surface area contributed by atoms with Crippen LogP contribution < -0.4 is 0 Å². The van der Waals surface area contributed by atoms with Gasteiger partial charge in [-0.2, -0.15) is 10.2 Å². The second-order valence-electron chi connectivity index (χ2n) is 11.7. The molecule has 0 spiro atoms. The van der Waals surface area contributed by atoms with Crippen LogP contribution in [0.15, 0.2) is 89.4 Å². The van der Waals surface area contributed by atoms with Gasteiger partial charge >= 0.3 is 11.9 Å². The molecular weight excluding hydrogens is 754 g/mol. The summed E-state index contributed by atoms with van der Waals surface area (Å²) in [5.74, 6) is 4.06.